The van der Waals surface area contributed by atoms with Gasteiger partial charge in [0, 0.05) is 43.0 Å². The van der Waals surface area contributed by atoms with Gasteiger partial charge in [-0.3, -0.25) is 9.59 Å². The van der Waals surface area contributed by atoms with E-state index in [1.165, 1.54) is 16.4 Å². The van der Waals surface area contributed by atoms with Crippen molar-refractivity contribution in [1.82, 2.24) is 9.62 Å². The minimum atomic E-state index is -3.72. The van der Waals surface area contributed by atoms with Gasteiger partial charge in [0.2, 0.25) is 21.8 Å². The minimum absolute atomic E-state index is 0.0361. The number of sulfonamides is 1. The number of nitrogens with one attached hydrogen (secondary N) is 2. The van der Waals surface area contributed by atoms with E-state index in [0.29, 0.717) is 12.8 Å². The Balaban J connectivity index is 1.23. The fourth-order valence-corrected chi connectivity index (χ4v) is 5.57. The third-order valence-electron chi connectivity index (χ3n) is 5.99. The molecule has 178 valence electrons. The maximum atomic E-state index is 13.1. The standard InChI is InChI=1S/C25H26FN3O4S/c26-20-8-10-21(11-9-20)34(32,33)29-16-13-19(14-17-29)25(31)27-15-12-24(30)28-23-7-3-5-18-4-1-2-6-22(18)23/h1-11,19H,12-17H2,(H,27,31)(H,28,30). The van der Waals surface area contributed by atoms with Gasteiger partial charge in [0.05, 0.1) is 4.90 Å². The van der Waals surface area contributed by atoms with E-state index in [1.807, 2.05) is 42.5 Å². The summed E-state index contributed by atoms with van der Waals surface area (Å²) in [4.78, 5) is 24.9. The maximum absolute atomic E-state index is 13.1. The summed E-state index contributed by atoms with van der Waals surface area (Å²) in [6.45, 7) is 0.613. The summed E-state index contributed by atoms with van der Waals surface area (Å²) < 4.78 is 39.8. The molecule has 0 atom stereocenters. The third kappa shape index (κ3) is 5.43. The van der Waals surface area contributed by atoms with E-state index in [0.717, 1.165) is 28.6 Å². The van der Waals surface area contributed by atoms with Gasteiger partial charge in [0.15, 0.2) is 0 Å². The molecule has 34 heavy (non-hydrogen) atoms. The van der Waals surface area contributed by atoms with Crippen LogP contribution in [-0.2, 0) is 19.6 Å². The summed E-state index contributed by atoms with van der Waals surface area (Å²) in [7, 11) is -3.72. The van der Waals surface area contributed by atoms with Crippen LogP contribution in [0.5, 0.6) is 0 Å². The molecule has 2 amide bonds. The first kappa shape index (κ1) is 23.8. The van der Waals surface area contributed by atoms with Crippen molar-refractivity contribution in [2.75, 3.05) is 25.0 Å². The fourth-order valence-electron chi connectivity index (χ4n) is 4.10. The average Bonchev–Trinajstić information content (AvgIpc) is 2.84. The topological polar surface area (TPSA) is 95.6 Å². The molecule has 0 saturated carbocycles. The van der Waals surface area contributed by atoms with Crippen LogP contribution in [0, 0.1) is 11.7 Å². The second kappa shape index (κ2) is 10.3. The maximum Gasteiger partial charge on any atom is 0.243 e. The number of carbonyl (C=O) groups excluding carboxylic acids is 2. The Morgan fingerprint density at radius 1 is 0.941 bits per heavy atom. The van der Waals surface area contributed by atoms with Crippen LogP contribution in [0.2, 0.25) is 0 Å². The molecule has 4 rings (SSSR count). The molecule has 0 unspecified atom stereocenters. The van der Waals surface area contributed by atoms with Crippen LogP contribution in [0.4, 0.5) is 10.1 Å². The first-order valence-electron chi connectivity index (χ1n) is 11.2. The third-order valence-corrected chi connectivity index (χ3v) is 7.90. The lowest BCUT2D eigenvalue weighted by atomic mass is 9.97. The molecular formula is C25H26FN3O4S. The lowest BCUT2D eigenvalue weighted by Crippen LogP contribution is -2.43. The first-order chi connectivity index (χ1) is 16.3. The van der Waals surface area contributed by atoms with Gasteiger partial charge in [0.1, 0.15) is 5.82 Å². The molecule has 0 aromatic heterocycles. The van der Waals surface area contributed by atoms with Crippen LogP contribution < -0.4 is 10.6 Å². The molecule has 3 aromatic rings. The Bertz CT molecular complexity index is 1280. The Morgan fingerprint density at radius 2 is 1.62 bits per heavy atom. The number of hydrogen-bond acceptors (Lipinski definition) is 4. The van der Waals surface area contributed by atoms with E-state index in [-0.39, 0.29) is 48.7 Å². The molecule has 0 spiro atoms. The van der Waals surface area contributed by atoms with Crippen molar-refractivity contribution in [2.45, 2.75) is 24.2 Å². The summed E-state index contributed by atoms with van der Waals surface area (Å²) in [6, 6.07) is 18.2. The number of hydrogen-bond donors (Lipinski definition) is 2. The molecule has 9 heteroatoms. The zero-order valence-corrected chi connectivity index (χ0v) is 19.4. The number of anilines is 1. The second-order valence-electron chi connectivity index (χ2n) is 8.25. The number of nitrogens with zero attached hydrogens (tertiary/aromatic N) is 1. The molecule has 7 nitrogen and oxygen atoms in total. The van der Waals surface area contributed by atoms with Crippen molar-refractivity contribution in [2.24, 2.45) is 5.92 Å². The Kier molecular flexibility index (Phi) is 7.23. The highest BCUT2D eigenvalue weighted by Crippen LogP contribution is 2.25. The van der Waals surface area contributed by atoms with Gasteiger partial charge in [-0.15, -0.1) is 0 Å². The molecule has 1 fully saturated rings. The van der Waals surface area contributed by atoms with Crippen molar-refractivity contribution >= 4 is 38.3 Å². The second-order valence-corrected chi connectivity index (χ2v) is 10.2. The first-order valence-corrected chi connectivity index (χ1v) is 12.6. The largest absolute Gasteiger partial charge is 0.355 e. The molecule has 1 saturated heterocycles. The molecule has 1 aliphatic heterocycles. The quantitative estimate of drug-likeness (QED) is 0.538. The summed E-state index contributed by atoms with van der Waals surface area (Å²) in [5, 5.41) is 7.66. The highest BCUT2D eigenvalue weighted by Gasteiger charge is 2.32. The van der Waals surface area contributed by atoms with E-state index < -0.39 is 15.8 Å². The van der Waals surface area contributed by atoms with Gasteiger partial charge < -0.3 is 10.6 Å². The average molecular weight is 484 g/mol. The monoisotopic (exact) mass is 483 g/mol. The number of rotatable bonds is 7. The molecule has 3 aromatic carbocycles. The van der Waals surface area contributed by atoms with E-state index in [2.05, 4.69) is 10.6 Å². The number of fused-ring (bicyclic) bond motifs is 1. The van der Waals surface area contributed by atoms with Crippen molar-refractivity contribution in [1.29, 1.82) is 0 Å². The van der Waals surface area contributed by atoms with Gasteiger partial charge >= 0.3 is 0 Å². The van der Waals surface area contributed by atoms with Gasteiger partial charge in [-0.2, -0.15) is 4.31 Å². The van der Waals surface area contributed by atoms with Crippen LogP contribution in [0.3, 0.4) is 0 Å². The van der Waals surface area contributed by atoms with Crippen LogP contribution in [0.25, 0.3) is 10.8 Å². The van der Waals surface area contributed by atoms with Crippen LogP contribution >= 0.6 is 0 Å². The van der Waals surface area contributed by atoms with Gasteiger partial charge in [0.25, 0.3) is 0 Å². The van der Waals surface area contributed by atoms with E-state index >= 15 is 0 Å². The normalized spacial score (nSPS) is 15.2. The SMILES string of the molecule is O=C(CCNC(=O)C1CCN(S(=O)(=O)c2ccc(F)cc2)CC1)Nc1cccc2ccccc12. The summed E-state index contributed by atoms with van der Waals surface area (Å²) in [5.41, 5.74) is 0.726. The number of piperidine rings is 1. The minimum Gasteiger partial charge on any atom is -0.355 e. The highest BCUT2D eigenvalue weighted by atomic mass is 32.2. The lowest BCUT2D eigenvalue weighted by Gasteiger charge is -2.30. The molecule has 1 heterocycles. The number of amides is 2. The van der Waals surface area contributed by atoms with Crippen LogP contribution in [-0.4, -0.2) is 44.2 Å². The predicted octanol–water partition coefficient (Wildman–Crippen LogP) is 3.52. The molecular weight excluding hydrogens is 457 g/mol. The van der Waals surface area contributed by atoms with Gasteiger partial charge in [-0.25, -0.2) is 12.8 Å². The van der Waals surface area contributed by atoms with E-state index in [9.17, 15) is 22.4 Å². The van der Waals surface area contributed by atoms with Crippen molar-refractivity contribution < 1.29 is 22.4 Å². The molecule has 0 radical (unpaired) electrons. The molecule has 0 aliphatic carbocycles. The van der Waals surface area contributed by atoms with E-state index in [1.54, 1.807) is 0 Å². The van der Waals surface area contributed by atoms with Crippen molar-refractivity contribution in [3.05, 3.63) is 72.5 Å². The number of benzene rings is 3. The lowest BCUT2D eigenvalue weighted by molar-refractivity contribution is -0.126. The predicted molar refractivity (Wildman–Crippen MR) is 128 cm³/mol. The molecule has 2 N–H and O–H groups in total. The van der Waals surface area contributed by atoms with E-state index in [4.69, 9.17) is 0 Å². The molecule has 0 bridgehead atoms. The van der Waals surface area contributed by atoms with Gasteiger partial charge in [-0.1, -0.05) is 36.4 Å². The summed E-state index contributed by atoms with van der Waals surface area (Å²) in [5.74, 6) is -1.20. The zero-order valence-electron chi connectivity index (χ0n) is 18.5. The smallest absolute Gasteiger partial charge is 0.243 e. The highest BCUT2D eigenvalue weighted by molar-refractivity contribution is 7.89. The summed E-state index contributed by atoms with van der Waals surface area (Å²) >= 11 is 0. The fraction of sp³-hybridized carbons (Fsp3) is 0.280. The Labute approximate surface area is 198 Å². The van der Waals surface area contributed by atoms with Crippen LogP contribution in [0.1, 0.15) is 19.3 Å². The Morgan fingerprint density at radius 3 is 2.35 bits per heavy atom. The number of halogens is 1. The van der Waals surface area contributed by atoms with Gasteiger partial charge in [-0.05, 0) is 48.6 Å². The Hall–Kier alpha value is -3.30. The van der Waals surface area contributed by atoms with Crippen LogP contribution in [0.15, 0.2) is 71.6 Å². The van der Waals surface area contributed by atoms with Crippen molar-refractivity contribution in [3.63, 3.8) is 0 Å². The zero-order chi connectivity index (χ0) is 24.1. The number of carbonyl (C=O) groups is 2. The van der Waals surface area contributed by atoms with Crippen molar-refractivity contribution in [3.8, 4) is 0 Å². The molecule has 1 aliphatic rings. The summed E-state index contributed by atoms with van der Waals surface area (Å²) in [6.07, 6.45) is 0.898.